The summed E-state index contributed by atoms with van der Waals surface area (Å²) in [5, 5.41) is 22.4. The summed E-state index contributed by atoms with van der Waals surface area (Å²) in [4.78, 5) is 35.6. The molecular formula is C22H21ClFNO6. The van der Waals surface area contributed by atoms with E-state index >= 15 is 0 Å². The summed E-state index contributed by atoms with van der Waals surface area (Å²) in [6, 6.07) is 9.89. The minimum Gasteiger partial charge on any atom is -0.481 e. The van der Waals surface area contributed by atoms with Crippen LogP contribution in [-0.2, 0) is 19.1 Å². The summed E-state index contributed by atoms with van der Waals surface area (Å²) in [5.41, 5.74) is -0.190. The minimum absolute atomic E-state index is 0.0254. The molecule has 0 heterocycles. The Morgan fingerprint density at radius 3 is 2.48 bits per heavy atom. The SMILES string of the molecule is CCOC(=O)C(=O)N[C@H]1C[C@@](CO)(C(=O)O)C1c1ccc(-c2cc(Cl)ccc2F)cc1. The number of nitrogens with one attached hydrogen (secondary N) is 1. The third-order valence-electron chi connectivity index (χ3n) is 5.58. The van der Waals surface area contributed by atoms with Crippen LogP contribution in [0.25, 0.3) is 11.1 Å². The Bertz CT molecular complexity index is 1010. The molecule has 2 aromatic rings. The number of aliphatic hydroxyl groups excluding tert-OH is 1. The molecule has 31 heavy (non-hydrogen) atoms. The number of aliphatic carboxylic acids is 1. The van der Waals surface area contributed by atoms with E-state index in [1.807, 2.05) is 0 Å². The first-order valence-corrected chi connectivity index (χ1v) is 9.98. The van der Waals surface area contributed by atoms with Gasteiger partial charge in [-0.1, -0.05) is 35.9 Å². The summed E-state index contributed by atoms with van der Waals surface area (Å²) in [7, 11) is 0. The maximum Gasteiger partial charge on any atom is 0.396 e. The van der Waals surface area contributed by atoms with Gasteiger partial charge >= 0.3 is 17.8 Å². The number of carbonyl (C=O) groups is 3. The Morgan fingerprint density at radius 2 is 1.90 bits per heavy atom. The zero-order chi connectivity index (χ0) is 22.8. The van der Waals surface area contributed by atoms with Gasteiger partial charge < -0.3 is 20.3 Å². The molecule has 9 heteroatoms. The number of carbonyl (C=O) groups excluding carboxylic acids is 2. The molecule has 1 aliphatic rings. The van der Waals surface area contributed by atoms with E-state index < -0.39 is 47.6 Å². The van der Waals surface area contributed by atoms with Crippen molar-refractivity contribution < 1.29 is 33.7 Å². The molecule has 1 fully saturated rings. The summed E-state index contributed by atoms with van der Waals surface area (Å²) in [6.45, 7) is 0.934. The predicted molar refractivity (Wildman–Crippen MR) is 110 cm³/mol. The Balaban J connectivity index is 1.91. The first-order valence-electron chi connectivity index (χ1n) is 9.60. The average Bonchev–Trinajstić information content (AvgIpc) is 2.73. The summed E-state index contributed by atoms with van der Waals surface area (Å²) >= 11 is 5.95. The maximum absolute atomic E-state index is 14.2. The van der Waals surface area contributed by atoms with E-state index in [9.17, 15) is 29.0 Å². The van der Waals surface area contributed by atoms with Crippen molar-refractivity contribution in [2.75, 3.05) is 13.2 Å². The van der Waals surface area contributed by atoms with Gasteiger partial charge in [0.15, 0.2) is 0 Å². The summed E-state index contributed by atoms with van der Waals surface area (Å²) in [6.07, 6.45) is -0.0562. The highest BCUT2D eigenvalue weighted by Gasteiger charge is 2.60. The first kappa shape index (κ1) is 22.7. The molecule has 0 bridgehead atoms. The van der Waals surface area contributed by atoms with E-state index in [4.69, 9.17) is 11.6 Å². The van der Waals surface area contributed by atoms with Crippen LogP contribution in [-0.4, -0.2) is 47.3 Å². The molecule has 0 aliphatic heterocycles. The molecule has 2 aromatic carbocycles. The predicted octanol–water partition coefficient (Wildman–Crippen LogP) is 2.74. The van der Waals surface area contributed by atoms with Gasteiger partial charge in [-0.15, -0.1) is 0 Å². The van der Waals surface area contributed by atoms with Crippen molar-refractivity contribution in [3.63, 3.8) is 0 Å². The average molecular weight is 450 g/mol. The van der Waals surface area contributed by atoms with Crippen molar-refractivity contribution in [3.05, 3.63) is 58.9 Å². The zero-order valence-corrected chi connectivity index (χ0v) is 17.4. The van der Waals surface area contributed by atoms with Crippen LogP contribution in [0.4, 0.5) is 4.39 Å². The molecule has 7 nitrogen and oxygen atoms in total. The molecule has 3 N–H and O–H groups in total. The highest BCUT2D eigenvalue weighted by molar-refractivity contribution is 6.32. The number of carboxylic acid groups (broad SMARTS) is 1. The highest BCUT2D eigenvalue weighted by atomic mass is 35.5. The van der Waals surface area contributed by atoms with Crippen molar-refractivity contribution in [2.45, 2.75) is 25.3 Å². The smallest absolute Gasteiger partial charge is 0.396 e. The van der Waals surface area contributed by atoms with Crippen LogP contribution in [0, 0.1) is 11.2 Å². The number of rotatable bonds is 6. The second-order valence-electron chi connectivity index (χ2n) is 7.35. The van der Waals surface area contributed by atoms with E-state index in [-0.39, 0.29) is 18.6 Å². The van der Waals surface area contributed by atoms with Gasteiger partial charge in [-0.3, -0.25) is 9.59 Å². The third kappa shape index (κ3) is 4.26. The van der Waals surface area contributed by atoms with Crippen molar-refractivity contribution in [1.29, 1.82) is 0 Å². The number of halogens is 2. The van der Waals surface area contributed by atoms with Crippen LogP contribution in [0.1, 0.15) is 24.8 Å². The molecule has 0 aromatic heterocycles. The van der Waals surface area contributed by atoms with E-state index in [1.165, 1.54) is 18.2 Å². The Hall–Kier alpha value is -2.97. The van der Waals surface area contributed by atoms with Gasteiger partial charge in [0, 0.05) is 22.5 Å². The second kappa shape index (κ2) is 9.03. The number of carboxylic acids is 1. The van der Waals surface area contributed by atoms with Crippen LogP contribution in [0.3, 0.4) is 0 Å². The molecule has 3 rings (SSSR count). The van der Waals surface area contributed by atoms with Gasteiger partial charge in [-0.2, -0.15) is 0 Å². The molecule has 1 saturated carbocycles. The van der Waals surface area contributed by atoms with Gasteiger partial charge in [0.05, 0.1) is 13.2 Å². The fraction of sp³-hybridized carbons (Fsp3) is 0.318. The Labute approximate surface area is 182 Å². The molecular weight excluding hydrogens is 429 g/mol. The second-order valence-corrected chi connectivity index (χ2v) is 7.78. The normalized spacial score (nSPS) is 22.3. The Kier molecular flexibility index (Phi) is 6.62. The highest BCUT2D eigenvalue weighted by Crippen LogP contribution is 2.53. The number of ether oxygens (including phenoxy) is 1. The minimum atomic E-state index is -1.52. The standard InChI is InChI=1S/C22H21ClFNO6/c1-2-31-20(28)19(27)25-17-10-22(11-26,21(29)30)18(17)13-5-3-12(4-6-13)15-9-14(23)7-8-16(15)24/h3-9,17-18,26H,2,10-11H2,1H3,(H,25,27)(H,29,30)/t17-,18?,22-/m0/s1. The van der Waals surface area contributed by atoms with Gasteiger partial charge in [0.1, 0.15) is 11.2 Å². The number of hydrogen-bond acceptors (Lipinski definition) is 5. The van der Waals surface area contributed by atoms with Crippen molar-refractivity contribution >= 4 is 29.4 Å². The number of aliphatic hydroxyl groups is 1. The van der Waals surface area contributed by atoms with E-state index in [2.05, 4.69) is 10.1 Å². The third-order valence-corrected chi connectivity index (χ3v) is 5.81. The fourth-order valence-corrected chi connectivity index (χ4v) is 4.18. The summed E-state index contributed by atoms with van der Waals surface area (Å²) in [5.74, 6) is -4.52. The van der Waals surface area contributed by atoms with Crippen LogP contribution in [0.15, 0.2) is 42.5 Å². The maximum atomic E-state index is 14.2. The molecule has 3 atom stereocenters. The molecule has 1 aliphatic carbocycles. The van der Waals surface area contributed by atoms with Crippen LogP contribution in [0.2, 0.25) is 5.02 Å². The quantitative estimate of drug-likeness (QED) is 0.461. The largest absolute Gasteiger partial charge is 0.481 e. The lowest BCUT2D eigenvalue weighted by Crippen LogP contribution is -2.63. The van der Waals surface area contributed by atoms with E-state index in [1.54, 1.807) is 31.2 Å². The molecule has 0 saturated heterocycles. The Morgan fingerprint density at radius 1 is 1.23 bits per heavy atom. The number of hydrogen-bond donors (Lipinski definition) is 3. The molecule has 1 unspecified atom stereocenters. The molecule has 0 spiro atoms. The van der Waals surface area contributed by atoms with Gasteiger partial charge in [0.2, 0.25) is 0 Å². The first-order chi connectivity index (χ1) is 14.7. The topological polar surface area (TPSA) is 113 Å². The van der Waals surface area contributed by atoms with Crippen molar-refractivity contribution in [3.8, 4) is 11.1 Å². The fourth-order valence-electron chi connectivity index (χ4n) is 4.01. The lowest BCUT2D eigenvalue weighted by molar-refractivity contribution is -0.166. The van der Waals surface area contributed by atoms with Crippen molar-refractivity contribution in [2.24, 2.45) is 5.41 Å². The number of amides is 1. The molecule has 164 valence electrons. The van der Waals surface area contributed by atoms with Crippen LogP contribution in [0.5, 0.6) is 0 Å². The van der Waals surface area contributed by atoms with Crippen molar-refractivity contribution in [1.82, 2.24) is 5.32 Å². The molecule has 1 amide bonds. The molecule has 0 radical (unpaired) electrons. The van der Waals surface area contributed by atoms with Crippen LogP contribution >= 0.6 is 11.6 Å². The van der Waals surface area contributed by atoms with Gasteiger partial charge in [-0.05, 0) is 42.7 Å². The van der Waals surface area contributed by atoms with E-state index in [0.717, 1.165) is 0 Å². The van der Waals surface area contributed by atoms with Gasteiger partial charge in [-0.25, -0.2) is 9.18 Å². The lowest BCUT2D eigenvalue weighted by Gasteiger charge is -2.51. The number of benzene rings is 2. The van der Waals surface area contributed by atoms with E-state index in [0.29, 0.717) is 16.1 Å². The zero-order valence-electron chi connectivity index (χ0n) is 16.6. The van der Waals surface area contributed by atoms with Crippen LogP contribution < -0.4 is 5.32 Å². The van der Waals surface area contributed by atoms with Gasteiger partial charge in [0.25, 0.3) is 0 Å². The summed E-state index contributed by atoms with van der Waals surface area (Å²) < 4.78 is 18.8. The lowest BCUT2D eigenvalue weighted by atomic mass is 9.54. The monoisotopic (exact) mass is 449 g/mol. The number of esters is 1.